The Kier molecular flexibility index (Phi) is 5.26. The lowest BCUT2D eigenvalue weighted by atomic mass is 10.2. The van der Waals surface area contributed by atoms with Gasteiger partial charge in [-0.25, -0.2) is 4.39 Å². The molecule has 1 aromatic rings. The van der Waals surface area contributed by atoms with Crippen LogP contribution in [0.5, 0.6) is 5.75 Å². The lowest BCUT2D eigenvalue weighted by Gasteiger charge is -2.08. The number of hydrogen-bond donors (Lipinski definition) is 1. The van der Waals surface area contributed by atoms with Crippen LogP contribution in [0, 0.1) is 5.82 Å². The minimum absolute atomic E-state index is 0.262. The fraction of sp³-hybridized carbons (Fsp3) is 0.417. The zero-order valence-corrected chi connectivity index (χ0v) is 9.96. The van der Waals surface area contributed by atoms with Gasteiger partial charge in [0.15, 0.2) is 0 Å². The van der Waals surface area contributed by atoms with E-state index in [1.807, 2.05) is 0 Å². The SMILES string of the molecule is COC(=O)CCCNc1ccc(OC)cc1F. The molecule has 1 rings (SSSR count). The highest BCUT2D eigenvalue weighted by Gasteiger charge is 2.04. The number of rotatable bonds is 6. The predicted molar refractivity (Wildman–Crippen MR) is 62.7 cm³/mol. The number of esters is 1. The number of carbonyl (C=O) groups excluding carboxylic acids is 1. The van der Waals surface area contributed by atoms with Crippen molar-refractivity contribution in [2.75, 3.05) is 26.1 Å². The summed E-state index contributed by atoms with van der Waals surface area (Å²) in [7, 11) is 2.83. The van der Waals surface area contributed by atoms with Gasteiger partial charge in [-0.15, -0.1) is 0 Å². The van der Waals surface area contributed by atoms with Gasteiger partial charge in [0.05, 0.1) is 19.9 Å². The third-order valence-corrected chi connectivity index (χ3v) is 2.28. The second kappa shape index (κ2) is 6.73. The van der Waals surface area contributed by atoms with Crippen LogP contribution in [-0.4, -0.2) is 26.7 Å². The molecule has 0 atom stereocenters. The quantitative estimate of drug-likeness (QED) is 0.612. The van der Waals surface area contributed by atoms with Crippen LogP contribution in [0.4, 0.5) is 10.1 Å². The Morgan fingerprint density at radius 1 is 1.41 bits per heavy atom. The van der Waals surface area contributed by atoms with Crippen molar-refractivity contribution in [3.8, 4) is 5.75 Å². The van der Waals surface area contributed by atoms with Crippen molar-refractivity contribution in [2.45, 2.75) is 12.8 Å². The standard InChI is InChI=1S/C12H16FNO3/c1-16-9-5-6-11(10(13)8-9)14-7-3-4-12(15)17-2/h5-6,8,14H,3-4,7H2,1-2H3. The van der Waals surface area contributed by atoms with Crippen molar-refractivity contribution in [1.29, 1.82) is 0 Å². The van der Waals surface area contributed by atoms with Gasteiger partial charge >= 0.3 is 5.97 Å². The van der Waals surface area contributed by atoms with Crippen LogP contribution in [0.25, 0.3) is 0 Å². The molecular weight excluding hydrogens is 225 g/mol. The Morgan fingerprint density at radius 3 is 2.76 bits per heavy atom. The smallest absolute Gasteiger partial charge is 0.305 e. The van der Waals surface area contributed by atoms with Gasteiger partial charge in [-0.05, 0) is 18.6 Å². The van der Waals surface area contributed by atoms with Gasteiger partial charge in [-0.3, -0.25) is 4.79 Å². The average molecular weight is 241 g/mol. The first-order valence-electron chi connectivity index (χ1n) is 5.31. The van der Waals surface area contributed by atoms with Crippen molar-refractivity contribution in [2.24, 2.45) is 0 Å². The highest BCUT2D eigenvalue weighted by Crippen LogP contribution is 2.20. The van der Waals surface area contributed by atoms with Crippen molar-refractivity contribution < 1.29 is 18.7 Å². The number of ether oxygens (including phenoxy) is 2. The monoisotopic (exact) mass is 241 g/mol. The molecule has 17 heavy (non-hydrogen) atoms. The topological polar surface area (TPSA) is 47.6 Å². The molecule has 1 N–H and O–H groups in total. The second-order valence-corrected chi connectivity index (χ2v) is 3.45. The number of methoxy groups -OCH3 is 2. The molecule has 0 saturated heterocycles. The summed E-state index contributed by atoms with van der Waals surface area (Å²) in [6.45, 7) is 0.512. The molecule has 94 valence electrons. The number of nitrogens with one attached hydrogen (secondary N) is 1. The van der Waals surface area contributed by atoms with Crippen LogP contribution < -0.4 is 10.1 Å². The molecular formula is C12H16FNO3. The molecule has 0 aromatic heterocycles. The third kappa shape index (κ3) is 4.30. The van der Waals surface area contributed by atoms with Gasteiger partial charge in [0.1, 0.15) is 11.6 Å². The van der Waals surface area contributed by atoms with E-state index < -0.39 is 0 Å². The number of carbonyl (C=O) groups is 1. The van der Waals surface area contributed by atoms with Crippen LogP contribution in [0.1, 0.15) is 12.8 Å². The zero-order chi connectivity index (χ0) is 12.7. The van der Waals surface area contributed by atoms with Crippen LogP contribution in [0.3, 0.4) is 0 Å². The molecule has 0 heterocycles. The van der Waals surface area contributed by atoms with Gasteiger partial charge in [0.2, 0.25) is 0 Å². The number of halogens is 1. The first kappa shape index (κ1) is 13.3. The molecule has 0 aliphatic rings. The zero-order valence-electron chi connectivity index (χ0n) is 9.96. The molecule has 4 nitrogen and oxygen atoms in total. The maximum atomic E-state index is 13.5. The molecule has 5 heteroatoms. The van der Waals surface area contributed by atoms with Gasteiger partial charge in [0.25, 0.3) is 0 Å². The normalized spacial score (nSPS) is 9.82. The third-order valence-electron chi connectivity index (χ3n) is 2.28. The summed E-state index contributed by atoms with van der Waals surface area (Å²) in [6, 6.07) is 4.58. The summed E-state index contributed by atoms with van der Waals surface area (Å²) in [6.07, 6.45) is 0.916. The molecule has 0 bridgehead atoms. The Labute approximate surface area is 99.7 Å². The fourth-order valence-electron chi connectivity index (χ4n) is 1.32. The van der Waals surface area contributed by atoms with E-state index >= 15 is 0 Å². The number of anilines is 1. The Bertz CT molecular complexity index is 382. The van der Waals surface area contributed by atoms with Gasteiger partial charge in [-0.2, -0.15) is 0 Å². The van der Waals surface area contributed by atoms with E-state index in [2.05, 4.69) is 10.1 Å². The molecule has 1 aromatic carbocycles. The van der Waals surface area contributed by atoms with Crippen molar-refractivity contribution in [3.63, 3.8) is 0 Å². The molecule has 0 radical (unpaired) electrons. The second-order valence-electron chi connectivity index (χ2n) is 3.45. The van der Waals surface area contributed by atoms with E-state index in [0.717, 1.165) is 0 Å². The molecule has 0 unspecified atom stereocenters. The van der Waals surface area contributed by atoms with E-state index in [1.165, 1.54) is 20.3 Å². The molecule has 0 amide bonds. The van der Waals surface area contributed by atoms with Crippen molar-refractivity contribution in [3.05, 3.63) is 24.0 Å². The largest absolute Gasteiger partial charge is 0.497 e. The van der Waals surface area contributed by atoms with Crippen LogP contribution in [-0.2, 0) is 9.53 Å². The van der Waals surface area contributed by atoms with Crippen LogP contribution in [0.15, 0.2) is 18.2 Å². The van der Waals surface area contributed by atoms with Crippen LogP contribution >= 0.6 is 0 Å². The minimum atomic E-state index is -0.373. The minimum Gasteiger partial charge on any atom is -0.497 e. The molecule has 0 spiro atoms. The first-order chi connectivity index (χ1) is 8.17. The highest BCUT2D eigenvalue weighted by atomic mass is 19.1. The van der Waals surface area contributed by atoms with Crippen molar-refractivity contribution in [1.82, 2.24) is 0 Å². The highest BCUT2D eigenvalue weighted by molar-refractivity contribution is 5.69. The summed E-state index contributed by atoms with van der Waals surface area (Å²) in [4.78, 5) is 10.8. The molecule has 0 aliphatic carbocycles. The van der Waals surface area contributed by atoms with Crippen molar-refractivity contribution >= 4 is 11.7 Å². The molecule has 0 saturated carbocycles. The maximum Gasteiger partial charge on any atom is 0.305 e. The Hall–Kier alpha value is -1.78. The molecule has 0 aliphatic heterocycles. The van der Waals surface area contributed by atoms with E-state index in [0.29, 0.717) is 30.8 Å². The van der Waals surface area contributed by atoms with E-state index in [-0.39, 0.29) is 11.8 Å². The lowest BCUT2D eigenvalue weighted by Crippen LogP contribution is -2.07. The van der Waals surface area contributed by atoms with Gasteiger partial charge in [-0.1, -0.05) is 0 Å². The van der Waals surface area contributed by atoms with E-state index in [4.69, 9.17) is 4.74 Å². The summed E-state index contributed by atoms with van der Waals surface area (Å²) in [5.41, 5.74) is 0.399. The Balaban J connectivity index is 2.39. The average Bonchev–Trinajstić information content (AvgIpc) is 2.35. The summed E-state index contributed by atoms with van der Waals surface area (Å²) < 4.78 is 22.8. The Morgan fingerprint density at radius 2 is 2.18 bits per heavy atom. The first-order valence-corrected chi connectivity index (χ1v) is 5.31. The van der Waals surface area contributed by atoms with E-state index in [9.17, 15) is 9.18 Å². The predicted octanol–water partition coefficient (Wildman–Crippen LogP) is 2.20. The summed E-state index contributed by atoms with van der Waals surface area (Å²) in [5.74, 6) is -0.160. The molecule has 0 fully saturated rings. The van der Waals surface area contributed by atoms with Crippen LogP contribution in [0.2, 0.25) is 0 Å². The van der Waals surface area contributed by atoms with Gasteiger partial charge in [0, 0.05) is 19.0 Å². The number of benzene rings is 1. The summed E-state index contributed by atoms with van der Waals surface area (Å²) in [5, 5.41) is 2.91. The lowest BCUT2D eigenvalue weighted by molar-refractivity contribution is -0.140. The summed E-state index contributed by atoms with van der Waals surface area (Å²) >= 11 is 0. The van der Waals surface area contributed by atoms with E-state index in [1.54, 1.807) is 12.1 Å². The number of hydrogen-bond acceptors (Lipinski definition) is 4. The van der Waals surface area contributed by atoms with Gasteiger partial charge < -0.3 is 14.8 Å². The maximum absolute atomic E-state index is 13.5. The fourth-order valence-corrected chi connectivity index (χ4v) is 1.32.